The molecular formula is C23H20N4O3S. The molecule has 1 saturated heterocycles. The summed E-state index contributed by atoms with van der Waals surface area (Å²) in [6.45, 7) is 3.73. The monoisotopic (exact) mass is 432 g/mol. The predicted molar refractivity (Wildman–Crippen MR) is 120 cm³/mol. The Morgan fingerprint density at radius 2 is 1.84 bits per heavy atom. The number of para-hydroxylation sites is 2. The molecule has 2 amide bonds. The zero-order chi connectivity index (χ0) is 21.7. The first-order valence-electron chi connectivity index (χ1n) is 10.1. The molecule has 156 valence electrons. The zero-order valence-electron chi connectivity index (χ0n) is 17.1. The van der Waals surface area contributed by atoms with Crippen LogP contribution in [0.3, 0.4) is 0 Å². The summed E-state index contributed by atoms with van der Waals surface area (Å²) in [4.78, 5) is 45.2. The standard InChI is InChI=1S/C23H20N4O3S/c1-3-14-8-4-6-10-17(14)26-19(28)12-15(21(26)29)20-13(2)25-27(22(20)30)23-24-16-9-5-7-11-18(16)31-23/h4-11,15,25H,3,12H2,1-2H3/t15-/m0/s1. The molecule has 0 radical (unpaired) electrons. The van der Waals surface area contributed by atoms with E-state index in [1.165, 1.54) is 20.9 Å². The van der Waals surface area contributed by atoms with Gasteiger partial charge in [-0.2, -0.15) is 4.68 Å². The molecule has 8 heteroatoms. The van der Waals surface area contributed by atoms with E-state index < -0.39 is 5.92 Å². The van der Waals surface area contributed by atoms with E-state index >= 15 is 0 Å². The van der Waals surface area contributed by atoms with E-state index in [9.17, 15) is 14.4 Å². The molecule has 31 heavy (non-hydrogen) atoms. The van der Waals surface area contributed by atoms with Crippen molar-refractivity contribution in [2.24, 2.45) is 0 Å². The molecular weight excluding hydrogens is 412 g/mol. The summed E-state index contributed by atoms with van der Waals surface area (Å²) >= 11 is 1.39. The summed E-state index contributed by atoms with van der Waals surface area (Å²) < 4.78 is 2.34. The Bertz CT molecular complexity index is 1360. The number of H-pyrrole nitrogens is 1. The highest BCUT2D eigenvalue weighted by Gasteiger charge is 2.43. The maximum absolute atomic E-state index is 13.3. The van der Waals surface area contributed by atoms with Crippen molar-refractivity contribution in [3.63, 3.8) is 0 Å². The van der Waals surface area contributed by atoms with Crippen molar-refractivity contribution in [3.05, 3.63) is 75.7 Å². The first kappa shape index (κ1) is 19.4. The van der Waals surface area contributed by atoms with Gasteiger partial charge in [0.25, 0.3) is 5.56 Å². The number of carbonyl (C=O) groups excluding carboxylic acids is 2. The number of carbonyl (C=O) groups is 2. The van der Waals surface area contributed by atoms with Crippen molar-refractivity contribution in [1.29, 1.82) is 0 Å². The van der Waals surface area contributed by atoms with Gasteiger partial charge in [0.05, 0.1) is 27.4 Å². The maximum Gasteiger partial charge on any atom is 0.277 e. The number of hydrogen-bond donors (Lipinski definition) is 1. The Kier molecular flexibility index (Phi) is 4.59. The second-order valence-corrected chi connectivity index (χ2v) is 8.57. The molecule has 3 heterocycles. The van der Waals surface area contributed by atoms with E-state index in [0.717, 1.165) is 15.8 Å². The average Bonchev–Trinajstić information content (AvgIpc) is 3.41. The fourth-order valence-electron chi connectivity index (χ4n) is 4.20. The van der Waals surface area contributed by atoms with Gasteiger partial charge in [-0.05, 0) is 37.1 Å². The molecule has 1 aliphatic heterocycles. The van der Waals surface area contributed by atoms with E-state index in [2.05, 4.69) is 10.1 Å². The first-order valence-corrected chi connectivity index (χ1v) is 10.9. The topological polar surface area (TPSA) is 88.1 Å². The minimum Gasteiger partial charge on any atom is -0.293 e. The van der Waals surface area contributed by atoms with Crippen LogP contribution >= 0.6 is 11.3 Å². The highest BCUT2D eigenvalue weighted by Crippen LogP contribution is 2.35. The van der Waals surface area contributed by atoms with Crippen molar-refractivity contribution in [1.82, 2.24) is 14.8 Å². The fourth-order valence-corrected chi connectivity index (χ4v) is 5.12. The summed E-state index contributed by atoms with van der Waals surface area (Å²) in [5, 5.41) is 3.55. The van der Waals surface area contributed by atoms with Crippen LogP contribution in [0, 0.1) is 6.92 Å². The molecule has 0 spiro atoms. The van der Waals surface area contributed by atoms with Crippen LogP contribution in [0.25, 0.3) is 15.3 Å². The summed E-state index contributed by atoms with van der Waals surface area (Å²) in [7, 11) is 0. The fraction of sp³-hybridized carbons (Fsp3) is 0.217. The Morgan fingerprint density at radius 3 is 2.61 bits per heavy atom. The number of thiazole rings is 1. The van der Waals surface area contributed by atoms with E-state index in [4.69, 9.17) is 0 Å². The lowest BCUT2D eigenvalue weighted by atomic mass is 9.98. The number of nitrogens with one attached hydrogen (secondary N) is 1. The first-order chi connectivity index (χ1) is 15.0. The van der Waals surface area contributed by atoms with Crippen LogP contribution in [0.5, 0.6) is 0 Å². The molecule has 1 N–H and O–H groups in total. The quantitative estimate of drug-likeness (QED) is 0.498. The largest absolute Gasteiger partial charge is 0.293 e. The van der Waals surface area contributed by atoms with Gasteiger partial charge in [0.15, 0.2) is 0 Å². The van der Waals surface area contributed by atoms with Crippen LogP contribution in [0.15, 0.2) is 53.3 Å². The number of aryl methyl sites for hydroxylation is 2. The van der Waals surface area contributed by atoms with Crippen molar-refractivity contribution in [3.8, 4) is 5.13 Å². The average molecular weight is 433 g/mol. The maximum atomic E-state index is 13.3. The highest BCUT2D eigenvalue weighted by molar-refractivity contribution is 7.20. The smallest absolute Gasteiger partial charge is 0.277 e. The lowest BCUT2D eigenvalue weighted by Gasteiger charge is -2.18. The third-order valence-electron chi connectivity index (χ3n) is 5.70. The molecule has 0 saturated carbocycles. The van der Waals surface area contributed by atoms with Gasteiger partial charge in [-0.1, -0.05) is 48.6 Å². The van der Waals surface area contributed by atoms with Gasteiger partial charge in [0, 0.05) is 12.1 Å². The summed E-state index contributed by atoms with van der Waals surface area (Å²) in [6.07, 6.45) is 0.677. The minimum absolute atomic E-state index is 0.0232. The van der Waals surface area contributed by atoms with Gasteiger partial charge in [-0.3, -0.25) is 19.5 Å². The van der Waals surface area contributed by atoms with E-state index in [1.54, 1.807) is 13.0 Å². The third kappa shape index (κ3) is 3.02. The van der Waals surface area contributed by atoms with E-state index in [1.807, 2.05) is 49.4 Å². The van der Waals surface area contributed by atoms with Crippen molar-refractivity contribution < 1.29 is 9.59 Å². The Hall–Kier alpha value is -3.52. The molecule has 2 aromatic carbocycles. The third-order valence-corrected chi connectivity index (χ3v) is 6.72. The molecule has 1 atom stereocenters. The molecule has 0 bridgehead atoms. The number of imide groups is 1. The normalized spacial score (nSPS) is 16.6. The number of aromatic amines is 1. The van der Waals surface area contributed by atoms with Crippen LogP contribution in [-0.4, -0.2) is 26.6 Å². The van der Waals surface area contributed by atoms with Gasteiger partial charge in [-0.25, -0.2) is 9.88 Å². The molecule has 1 aliphatic rings. The van der Waals surface area contributed by atoms with Gasteiger partial charge in [0.1, 0.15) is 0 Å². The van der Waals surface area contributed by atoms with Crippen LogP contribution in [-0.2, 0) is 16.0 Å². The van der Waals surface area contributed by atoms with Crippen molar-refractivity contribution >= 4 is 39.1 Å². The summed E-state index contributed by atoms with van der Waals surface area (Å²) in [6, 6.07) is 15.0. The van der Waals surface area contributed by atoms with E-state index in [-0.39, 0.29) is 23.8 Å². The van der Waals surface area contributed by atoms with Crippen LogP contribution in [0.4, 0.5) is 5.69 Å². The van der Waals surface area contributed by atoms with Gasteiger partial charge < -0.3 is 0 Å². The van der Waals surface area contributed by atoms with Crippen LogP contribution < -0.4 is 10.5 Å². The highest BCUT2D eigenvalue weighted by atomic mass is 32.1. The lowest BCUT2D eigenvalue weighted by Crippen LogP contribution is -2.32. The molecule has 0 aliphatic carbocycles. The zero-order valence-corrected chi connectivity index (χ0v) is 17.9. The van der Waals surface area contributed by atoms with Crippen LogP contribution in [0.2, 0.25) is 0 Å². The van der Waals surface area contributed by atoms with E-state index in [0.29, 0.717) is 28.5 Å². The number of hydrogen-bond acceptors (Lipinski definition) is 5. The SMILES string of the molecule is CCc1ccccc1N1C(=O)C[C@@H](c2c(C)[nH]n(-c3nc4ccccc4s3)c2=O)C1=O. The molecule has 7 nitrogen and oxygen atoms in total. The Morgan fingerprint density at radius 1 is 1.10 bits per heavy atom. The molecule has 0 unspecified atom stereocenters. The van der Waals surface area contributed by atoms with Gasteiger partial charge >= 0.3 is 0 Å². The van der Waals surface area contributed by atoms with Gasteiger partial charge in [0.2, 0.25) is 16.9 Å². The number of nitrogens with zero attached hydrogens (tertiary/aromatic N) is 3. The number of benzene rings is 2. The summed E-state index contributed by atoms with van der Waals surface area (Å²) in [5.74, 6) is -1.46. The minimum atomic E-state index is -0.809. The number of fused-ring (bicyclic) bond motifs is 1. The number of anilines is 1. The Balaban J connectivity index is 1.56. The Labute approximate surface area is 181 Å². The van der Waals surface area contributed by atoms with Crippen molar-refractivity contribution in [2.45, 2.75) is 32.6 Å². The lowest BCUT2D eigenvalue weighted by molar-refractivity contribution is -0.121. The summed E-state index contributed by atoms with van der Waals surface area (Å²) in [5.41, 5.74) is 2.88. The molecule has 5 rings (SSSR count). The molecule has 1 fully saturated rings. The number of rotatable bonds is 4. The molecule has 4 aromatic rings. The van der Waals surface area contributed by atoms with Crippen LogP contribution in [0.1, 0.15) is 36.1 Å². The number of amides is 2. The second kappa shape index (κ2) is 7.31. The van der Waals surface area contributed by atoms with Gasteiger partial charge in [-0.15, -0.1) is 0 Å². The predicted octanol–water partition coefficient (Wildman–Crippen LogP) is 3.69. The molecule has 2 aromatic heterocycles. The van der Waals surface area contributed by atoms with Crippen molar-refractivity contribution in [2.75, 3.05) is 4.90 Å². The second-order valence-electron chi connectivity index (χ2n) is 7.56. The number of aromatic nitrogens is 3.